The van der Waals surface area contributed by atoms with Crippen molar-refractivity contribution in [2.75, 3.05) is 62.3 Å². The van der Waals surface area contributed by atoms with E-state index < -0.39 is 0 Å². The molecule has 2 aliphatic rings. The average molecular weight is 390 g/mol. The Bertz CT molecular complexity index is 959. The highest BCUT2D eigenvalue weighted by atomic mass is 16.5. The zero-order chi connectivity index (χ0) is 19.5. The van der Waals surface area contributed by atoms with Crippen molar-refractivity contribution < 1.29 is 4.74 Å². The topological polar surface area (TPSA) is 44.7 Å². The van der Waals surface area contributed by atoms with Crippen molar-refractivity contribution in [3.05, 3.63) is 60.4 Å². The van der Waals surface area contributed by atoms with E-state index in [1.54, 1.807) is 6.33 Å². The zero-order valence-electron chi connectivity index (χ0n) is 16.7. The van der Waals surface area contributed by atoms with Crippen LogP contribution in [0.5, 0.6) is 0 Å². The van der Waals surface area contributed by atoms with Crippen molar-refractivity contribution in [1.82, 2.24) is 14.9 Å². The lowest BCUT2D eigenvalue weighted by Gasteiger charge is -2.36. The van der Waals surface area contributed by atoms with Crippen LogP contribution in [-0.2, 0) is 11.3 Å². The molecule has 0 bridgehead atoms. The summed E-state index contributed by atoms with van der Waals surface area (Å²) in [5, 5.41) is 2.68. The van der Waals surface area contributed by atoms with Crippen LogP contribution >= 0.6 is 0 Å². The zero-order valence-corrected chi connectivity index (χ0v) is 16.7. The van der Waals surface area contributed by atoms with E-state index in [-0.39, 0.29) is 0 Å². The Kier molecular flexibility index (Phi) is 5.28. The molecule has 2 aliphatic heterocycles. The van der Waals surface area contributed by atoms with Gasteiger partial charge >= 0.3 is 0 Å². The normalized spacial score (nSPS) is 18.3. The van der Waals surface area contributed by atoms with Crippen molar-refractivity contribution >= 4 is 22.4 Å². The van der Waals surface area contributed by atoms with E-state index in [0.717, 1.165) is 70.7 Å². The first kappa shape index (κ1) is 18.3. The van der Waals surface area contributed by atoms with Gasteiger partial charge in [-0.1, -0.05) is 42.5 Å². The molecule has 6 heteroatoms. The summed E-state index contributed by atoms with van der Waals surface area (Å²) < 4.78 is 5.45. The summed E-state index contributed by atoms with van der Waals surface area (Å²) in [5.41, 5.74) is 1.41. The number of benzene rings is 2. The molecule has 3 heterocycles. The van der Waals surface area contributed by atoms with Gasteiger partial charge in [-0.15, -0.1) is 0 Å². The Morgan fingerprint density at radius 2 is 1.45 bits per heavy atom. The predicted octanol–water partition coefficient (Wildman–Crippen LogP) is 2.79. The van der Waals surface area contributed by atoms with E-state index in [1.807, 2.05) is 0 Å². The Labute approximate surface area is 171 Å². The molecule has 0 saturated carbocycles. The third-order valence-corrected chi connectivity index (χ3v) is 5.94. The molecule has 5 rings (SSSR count). The van der Waals surface area contributed by atoms with Gasteiger partial charge in [0.2, 0.25) is 0 Å². The standard InChI is InChI=1S/C23H27N5O/c1-2-7-21-19(4-1)5-3-6-20(21)17-26-8-10-27(11-9-26)22-16-23(25-18-24-22)28-12-14-29-15-13-28/h1-7,16,18H,8-15,17H2. The van der Waals surface area contributed by atoms with Crippen LogP contribution in [-0.4, -0.2) is 67.4 Å². The fraction of sp³-hybridized carbons (Fsp3) is 0.391. The minimum atomic E-state index is 0.770. The van der Waals surface area contributed by atoms with Gasteiger partial charge in [0.15, 0.2) is 0 Å². The van der Waals surface area contributed by atoms with Gasteiger partial charge < -0.3 is 14.5 Å². The van der Waals surface area contributed by atoms with Crippen molar-refractivity contribution in [1.29, 1.82) is 0 Å². The molecule has 2 aromatic carbocycles. The minimum Gasteiger partial charge on any atom is -0.378 e. The van der Waals surface area contributed by atoms with E-state index >= 15 is 0 Å². The summed E-state index contributed by atoms with van der Waals surface area (Å²) in [6.45, 7) is 8.40. The van der Waals surface area contributed by atoms with Crippen LogP contribution in [0.25, 0.3) is 10.8 Å². The van der Waals surface area contributed by atoms with Crippen molar-refractivity contribution in [2.24, 2.45) is 0 Å². The highest BCUT2D eigenvalue weighted by molar-refractivity contribution is 5.85. The smallest absolute Gasteiger partial charge is 0.134 e. The summed E-state index contributed by atoms with van der Waals surface area (Å²) >= 11 is 0. The molecular weight excluding hydrogens is 362 g/mol. The van der Waals surface area contributed by atoms with Gasteiger partial charge in [-0.3, -0.25) is 4.90 Å². The van der Waals surface area contributed by atoms with E-state index in [2.05, 4.69) is 73.2 Å². The second-order valence-electron chi connectivity index (χ2n) is 7.74. The second kappa shape index (κ2) is 8.35. The van der Waals surface area contributed by atoms with Gasteiger partial charge in [-0.25, -0.2) is 9.97 Å². The second-order valence-corrected chi connectivity index (χ2v) is 7.74. The van der Waals surface area contributed by atoms with E-state index in [9.17, 15) is 0 Å². The number of nitrogens with zero attached hydrogens (tertiary/aromatic N) is 5. The third-order valence-electron chi connectivity index (χ3n) is 5.94. The molecule has 2 saturated heterocycles. The van der Waals surface area contributed by atoms with Crippen LogP contribution < -0.4 is 9.80 Å². The summed E-state index contributed by atoms with van der Waals surface area (Å²) in [4.78, 5) is 16.2. The minimum absolute atomic E-state index is 0.770. The van der Waals surface area contributed by atoms with Gasteiger partial charge in [0.1, 0.15) is 18.0 Å². The van der Waals surface area contributed by atoms with Gasteiger partial charge in [-0.05, 0) is 16.3 Å². The summed E-state index contributed by atoms with van der Waals surface area (Å²) in [6, 6.07) is 17.4. The molecule has 3 aromatic rings. The number of rotatable bonds is 4. The molecule has 0 amide bonds. The van der Waals surface area contributed by atoms with Crippen LogP contribution in [0, 0.1) is 0 Å². The Morgan fingerprint density at radius 3 is 2.24 bits per heavy atom. The molecular formula is C23H27N5O. The van der Waals surface area contributed by atoms with Crippen LogP contribution in [0.4, 0.5) is 11.6 Å². The maximum absolute atomic E-state index is 5.45. The van der Waals surface area contributed by atoms with Crippen LogP contribution in [0.1, 0.15) is 5.56 Å². The SMILES string of the molecule is c1ccc2c(CN3CCN(c4cc(N5CCOCC5)ncn4)CC3)cccc2c1. The van der Waals surface area contributed by atoms with E-state index in [4.69, 9.17) is 4.74 Å². The van der Waals surface area contributed by atoms with Gasteiger partial charge in [-0.2, -0.15) is 0 Å². The molecule has 1 aromatic heterocycles. The number of piperazine rings is 1. The Hall–Kier alpha value is -2.70. The molecule has 2 fully saturated rings. The lowest BCUT2D eigenvalue weighted by Crippen LogP contribution is -2.46. The predicted molar refractivity (Wildman–Crippen MR) is 117 cm³/mol. The van der Waals surface area contributed by atoms with Crippen LogP contribution in [0.3, 0.4) is 0 Å². The molecule has 150 valence electrons. The van der Waals surface area contributed by atoms with Gasteiger partial charge in [0.05, 0.1) is 13.2 Å². The number of hydrogen-bond donors (Lipinski definition) is 0. The van der Waals surface area contributed by atoms with Crippen molar-refractivity contribution in [2.45, 2.75) is 6.54 Å². The van der Waals surface area contributed by atoms with E-state index in [0.29, 0.717) is 0 Å². The highest BCUT2D eigenvalue weighted by Gasteiger charge is 2.20. The fourth-order valence-electron chi connectivity index (χ4n) is 4.28. The third kappa shape index (κ3) is 4.04. The molecule has 0 radical (unpaired) electrons. The highest BCUT2D eigenvalue weighted by Crippen LogP contribution is 2.23. The number of hydrogen-bond acceptors (Lipinski definition) is 6. The maximum atomic E-state index is 5.45. The lowest BCUT2D eigenvalue weighted by molar-refractivity contribution is 0.122. The number of anilines is 2. The largest absolute Gasteiger partial charge is 0.378 e. The number of aromatic nitrogens is 2. The number of ether oxygens (including phenoxy) is 1. The summed E-state index contributed by atoms with van der Waals surface area (Å²) in [6.07, 6.45) is 1.70. The summed E-state index contributed by atoms with van der Waals surface area (Å²) in [5.74, 6) is 2.04. The van der Waals surface area contributed by atoms with Crippen molar-refractivity contribution in [3.63, 3.8) is 0 Å². The van der Waals surface area contributed by atoms with Crippen LogP contribution in [0.15, 0.2) is 54.9 Å². The molecule has 0 aliphatic carbocycles. The molecule has 29 heavy (non-hydrogen) atoms. The first-order chi connectivity index (χ1) is 14.4. The first-order valence-corrected chi connectivity index (χ1v) is 10.5. The Morgan fingerprint density at radius 1 is 0.759 bits per heavy atom. The molecule has 0 spiro atoms. The van der Waals surface area contributed by atoms with Gasteiger partial charge in [0.25, 0.3) is 0 Å². The summed E-state index contributed by atoms with van der Waals surface area (Å²) in [7, 11) is 0. The molecule has 6 nitrogen and oxygen atoms in total. The molecule has 0 atom stereocenters. The van der Waals surface area contributed by atoms with Crippen LogP contribution in [0.2, 0.25) is 0 Å². The molecule has 0 unspecified atom stereocenters. The van der Waals surface area contributed by atoms with Crippen molar-refractivity contribution in [3.8, 4) is 0 Å². The Balaban J connectivity index is 1.24. The lowest BCUT2D eigenvalue weighted by atomic mass is 10.0. The van der Waals surface area contributed by atoms with Gasteiger partial charge in [0, 0.05) is 51.9 Å². The average Bonchev–Trinajstić information content (AvgIpc) is 2.81. The quantitative estimate of drug-likeness (QED) is 0.684. The fourth-order valence-corrected chi connectivity index (χ4v) is 4.28. The first-order valence-electron chi connectivity index (χ1n) is 10.5. The number of fused-ring (bicyclic) bond motifs is 1. The molecule has 0 N–H and O–H groups in total. The number of morpholine rings is 1. The maximum Gasteiger partial charge on any atom is 0.134 e. The van der Waals surface area contributed by atoms with E-state index in [1.165, 1.54) is 16.3 Å². The monoisotopic (exact) mass is 389 g/mol.